The zero-order valence-electron chi connectivity index (χ0n) is 12.5. The van der Waals surface area contributed by atoms with Gasteiger partial charge in [-0.2, -0.15) is 0 Å². The summed E-state index contributed by atoms with van der Waals surface area (Å²) in [6.07, 6.45) is 5.99. The lowest BCUT2D eigenvalue weighted by molar-refractivity contribution is 0.314. The van der Waals surface area contributed by atoms with E-state index >= 15 is 0 Å². The van der Waals surface area contributed by atoms with Crippen molar-refractivity contribution in [3.63, 3.8) is 0 Å². The van der Waals surface area contributed by atoms with Crippen molar-refractivity contribution in [1.82, 2.24) is 5.32 Å². The third-order valence-electron chi connectivity index (χ3n) is 3.70. The fraction of sp³-hybridized carbons (Fsp3) is 0.647. The van der Waals surface area contributed by atoms with Crippen LogP contribution in [0, 0.1) is 0 Å². The molecule has 1 aromatic rings. The monoisotopic (exact) mass is 261 g/mol. The molecule has 0 spiro atoms. The van der Waals surface area contributed by atoms with Crippen LogP contribution in [0.3, 0.4) is 0 Å². The van der Waals surface area contributed by atoms with Gasteiger partial charge in [-0.1, -0.05) is 39.3 Å². The van der Waals surface area contributed by atoms with Crippen LogP contribution in [0.2, 0.25) is 0 Å². The van der Waals surface area contributed by atoms with Gasteiger partial charge in [-0.05, 0) is 37.3 Å². The Morgan fingerprint density at radius 1 is 1.37 bits per heavy atom. The Morgan fingerprint density at radius 2 is 2.21 bits per heavy atom. The van der Waals surface area contributed by atoms with Crippen molar-refractivity contribution in [2.24, 2.45) is 0 Å². The predicted octanol–water partition coefficient (Wildman–Crippen LogP) is 4.24. The molecular formula is C17H27NO. The van der Waals surface area contributed by atoms with Crippen LogP contribution in [0.4, 0.5) is 0 Å². The summed E-state index contributed by atoms with van der Waals surface area (Å²) in [5.41, 5.74) is 2.81. The van der Waals surface area contributed by atoms with Gasteiger partial charge in [-0.15, -0.1) is 0 Å². The van der Waals surface area contributed by atoms with E-state index in [1.807, 2.05) is 0 Å². The van der Waals surface area contributed by atoms with E-state index < -0.39 is 0 Å². The summed E-state index contributed by atoms with van der Waals surface area (Å²) in [7, 11) is 0. The van der Waals surface area contributed by atoms with Crippen LogP contribution >= 0.6 is 0 Å². The van der Waals surface area contributed by atoms with Crippen molar-refractivity contribution in [1.29, 1.82) is 0 Å². The molecule has 0 saturated carbocycles. The molecule has 1 N–H and O–H groups in total. The van der Waals surface area contributed by atoms with E-state index in [0.29, 0.717) is 12.1 Å². The Hall–Kier alpha value is -1.02. The van der Waals surface area contributed by atoms with Gasteiger partial charge in [-0.25, -0.2) is 0 Å². The van der Waals surface area contributed by atoms with Crippen LogP contribution in [0.15, 0.2) is 18.2 Å². The summed E-state index contributed by atoms with van der Waals surface area (Å²) in [6, 6.07) is 7.71. The van der Waals surface area contributed by atoms with E-state index in [4.69, 9.17) is 4.74 Å². The van der Waals surface area contributed by atoms with Gasteiger partial charge < -0.3 is 10.1 Å². The van der Waals surface area contributed by atoms with Crippen molar-refractivity contribution in [2.75, 3.05) is 6.61 Å². The summed E-state index contributed by atoms with van der Waals surface area (Å²) in [5, 5.41) is 3.68. The Labute approximate surface area is 117 Å². The Bertz CT molecular complexity index is 400. The number of aryl methyl sites for hydroxylation is 1. The highest BCUT2D eigenvalue weighted by atomic mass is 16.5. The van der Waals surface area contributed by atoms with Gasteiger partial charge in [0.25, 0.3) is 0 Å². The maximum absolute atomic E-state index is 5.88. The second-order valence-electron chi connectivity index (χ2n) is 5.84. The molecule has 2 nitrogen and oxygen atoms in total. The first kappa shape index (κ1) is 14.4. The molecule has 2 rings (SSSR count). The molecule has 19 heavy (non-hydrogen) atoms. The lowest BCUT2D eigenvalue weighted by atomic mass is 9.97. The van der Waals surface area contributed by atoms with Crippen molar-refractivity contribution in [3.8, 4) is 5.75 Å². The zero-order valence-corrected chi connectivity index (χ0v) is 12.5. The molecule has 0 aromatic heterocycles. The fourth-order valence-corrected chi connectivity index (χ4v) is 2.74. The second-order valence-corrected chi connectivity index (χ2v) is 5.84. The van der Waals surface area contributed by atoms with E-state index in [9.17, 15) is 0 Å². The summed E-state index contributed by atoms with van der Waals surface area (Å²) in [5.74, 6) is 1.08. The molecular weight excluding hydrogens is 234 g/mol. The zero-order chi connectivity index (χ0) is 13.7. The van der Waals surface area contributed by atoms with Crippen LogP contribution in [0.1, 0.15) is 63.6 Å². The molecule has 0 aliphatic carbocycles. The number of nitrogens with one attached hydrogen (secondary N) is 1. The number of benzene rings is 1. The molecule has 0 radical (unpaired) electrons. The largest absolute Gasteiger partial charge is 0.493 e. The molecule has 106 valence electrons. The Balaban J connectivity index is 2.22. The van der Waals surface area contributed by atoms with E-state index in [0.717, 1.165) is 18.8 Å². The predicted molar refractivity (Wildman–Crippen MR) is 80.8 cm³/mol. The van der Waals surface area contributed by atoms with E-state index in [1.54, 1.807) is 0 Å². The van der Waals surface area contributed by atoms with Crippen LogP contribution in [-0.2, 0) is 6.42 Å². The topological polar surface area (TPSA) is 21.3 Å². The molecule has 1 heterocycles. The van der Waals surface area contributed by atoms with Gasteiger partial charge >= 0.3 is 0 Å². The highest BCUT2D eigenvalue weighted by Crippen LogP contribution is 2.33. The van der Waals surface area contributed by atoms with E-state index in [1.165, 1.54) is 36.8 Å². The number of unbranched alkanes of at least 4 members (excludes halogenated alkanes) is 1. The summed E-state index contributed by atoms with van der Waals surface area (Å²) in [4.78, 5) is 0. The number of ether oxygens (including phenoxy) is 1. The summed E-state index contributed by atoms with van der Waals surface area (Å²) < 4.78 is 5.88. The van der Waals surface area contributed by atoms with Crippen molar-refractivity contribution < 1.29 is 4.74 Å². The first-order valence-electron chi connectivity index (χ1n) is 7.72. The third-order valence-corrected chi connectivity index (χ3v) is 3.70. The Morgan fingerprint density at radius 3 is 2.95 bits per heavy atom. The maximum atomic E-state index is 5.88. The average molecular weight is 261 g/mol. The van der Waals surface area contributed by atoms with Crippen LogP contribution in [0.5, 0.6) is 5.75 Å². The van der Waals surface area contributed by atoms with Crippen molar-refractivity contribution in [3.05, 3.63) is 29.3 Å². The minimum atomic E-state index is 0.444. The molecule has 1 atom stereocenters. The molecule has 0 fully saturated rings. The van der Waals surface area contributed by atoms with Crippen LogP contribution in [0.25, 0.3) is 0 Å². The number of fused-ring (bicyclic) bond motifs is 1. The van der Waals surface area contributed by atoms with Gasteiger partial charge in [0.2, 0.25) is 0 Å². The van der Waals surface area contributed by atoms with Gasteiger partial charge in [0.1, 0.15) is 5.75 Å². The van der Waals surface area contributed by atoms with Gasteiger partial charge in [0.15, 0.2) is 0 Å². The highest BCUT2D eigenvalue weighted by molar-refractivity contribution is 5.40. The fourth-order valence-electron chi connectivity index (χ4n) is 2.74. The minimum Gasteiger partial charge on any atom is -0.493 e. The first-order chi connectivity index (χ1) is 9.20. The lowest BCUT2D eigenvalue weighted by Crippen LogP contribution is -2.28. The standard InChI is InChI=1S/C17H27NO/c1-4-5-7-14-9-10-17-15(12-14)16(18-13(2)3)8-6-11-19-17/h9-10,12-13,16,18H,4-8,11H2,1-3H3. The smallest absolute Gasteiger partial charge is 0.124 e. The number of rotatable bonds is 5. The van der Waals surface area contributed by atoms with Gasteiger partial charge in [0, 0.05) is 17.6 Å². The van der Waals surface area contributed by atoms with Gasteiger partial charge in [0.05, 0.1) is 6.61 Å². The number of hydrogen-bond donors (Lipinski definition) is 1. The van der Waals surface area contributed by atoms with Crippen LogP contribution in [-0.4, -0.2) is 12.6 Å². The first-order valence-corrected chi connectivity index (χ1v) is 7.72. The molecule has 1 aromatic carbocycles. The van der Waals surface area contributed by atoms with Gasteiger partial charge in [-0.3, -0.25) is 0 Å². The Kier molecular flexibility index (Phi) is 5.26. The lowest BCUT2D eigenvalue weighted by Gasteiger charge is -2.21. The molecule has 1 aliphatic heterocycles. The van der Waals surface area contributed by atoms with E-state index in [2.05, 4.69) is 44.3 Å². The highest BCUT2D eigenvalue weighted by Gasteiger charge is 2.20. The quantitative estimate of drug-likeness (QED) is 0.856. The average Bonchev–Trinajstić information content (AvgIpc) is 2.58. The second kappa shape index (κ2) is 6.95. The molecule has 0 amide bonds. The van der Waals surface area contributed by atoms with E-state index in [-0.39, 0.29) is 0 Å². The molecule has 2 heteroatoms. The molecule has 1 unspecified atom stereocenters. The van der Waals surface area contributed by atoms with Crippen molar-refractivity contribution >= 4 is 0 Å². The summed E-state index contributed by atoms with van der Waals surface area (Å²) >= 11 is 0. The van der Waals surface area contributed by atoms with Crippen molar-refractivity contribution in [2.45, 2.75) is 65.0 Å². The SMILES string of the molecule is CCCCc1ccc2c(c1)C(NC(C)C)CCCO2. The number of hydrogen-bond acceptors (Lipinski definition) is 2. The molecule has 0 saturated heterocycles. The summed E-state index contributed by atoms with van der Waals surface area (Å²) in [6.45, 7) is 7.52. The molecule has 0 bridgehead atoms. The third kappa shape index (κ3) is 3.97. The molecule has 1 aliphatic rings. The minimum absolute atomic E-state index is 0.444. The maximum Gasteiger partial charge on any atom is 0.124 e. The van der Waals surface area contributed by atoms with Crippen LogP contribution < -0.4 is 10.1 Å². The normalized spacial score (nSPS) is 18.8.